The van der Waals surface area contributed by atoms with Gasteiger partial charge < -0.3 is 29.4 Å². The number of carboxylic acids is 2. The molecule has 0 N–H and O–H groups in total. The summed E-state index contributed by atoms with van der Waals surface area (Å²) >= 11 is 7.80. The molecule has 4 rings (SSSR count). The molecule has 1 unspecified atom stereocenters. The molecule has 0 saturated carbocycles. The zero-order valence-corrected chi connectivity index (χ0v) is 21.3. The van der Waals surface area contributed by atoms with E-state index in [4.69, 9.17) is 36.1 Å². The van der Waals surface area contributed by atoms with Crippen LogP contribution in [0.3, 0.4) is 0 Å². The summed E-state index contributed by atoms with van der Waals surface area (Å²) in [7, 11) is 0. The number of hydrogen-bond donors (Lipinski definition) is 0. The molecule has 192 valence electrons. The van der Waals surface area contributed by atoms with E-state index in [0.717, 1.165) is 67.9 Å². The first-order valence-electron chi connectivity index (χ1n) is 11.6. The van der Waals surface area contributed by atoms with Gasteiger partial charge in [-0.25, -0.2) is 4.98 Å². The quantitative estimate of drug-likeness (QED) is 0.306. The van der Waals surface area contributed by atoms with Crippen LogP contribution in [-0.4, -0.2) is 61.2 Å². The van der Waals surface area contributed by atoms with Gasteiger partial charge in [0.1, 0.15) is 6.10 Å². The summed E-state index contributed by atoms with van der Waals surface area (Å²) in [4.78, 5) is 27.2. The summed E-state index contributed by atoms with van der Waals surface area (Å²) in [5, 5.41) is 21.8. The molecule has 0 aliphatic carbocycles. The fourth-order valence-electron chi connectivity index (χ4n) is 3.82. The van der Waals surface area contributed by atoms with Gasteiger partial charge in [0.05, 0.1) is 11.9 Å². The number of benzene rings is 2. The first-order valence-corrected chi connectivity index (χ1v) is 12.9. The molecule has 36 heavy (non-hydrogen) atoms. The molecule has 0 radical (unpaired) electrons. The maximum atomic E-state index is 8.93. The minimum Gasteiger partial charge on any atom is -0.543 e. The Bertz CT molecular complexity index is 1050. The lowest BCUT2D eigenvalue weighted by atomic mass is 10.0. The minimum atomic E-state index is -2.19. The number of rotatable bonds is 9. The number of carbonyl (C=O) groups is 2. The Morgan fingerprint density at radius 1 is 0.944 bits per heavy atom. The average molecular weight is 530 g/mol. The molecule has 2 heterocycles. The van der Waals surface area contributed by atoms with Crippen LogP contribution in [0.5, 0.6) is 0 Å². The molecule has 0 spiro atoms. The Kier molecular flexibility index (Phi) is 11.2. The van der Waals surface area contributed by atoms with Crippen molar-refractivity contribution in [2.24, 2.45) is 0 Å². The zero-order chi connectivity index (χ0) is 25.8. The van der Waals surface area contributed by atoms with Gasteiger partial charge in [0, 0.05) is 49.4 Å². The van der Waals surface area contributed by atoms with Crippen LogP contribution in [0, 0.1) is 0 Å². The molecule has 1 fully saturated rings. The van der Waals surface area contributed by atoms with E-state index in [1.54, 1.807) is 11.3 Å². The van der Waals surface area contributed by atoms with Gasteiger partial charge in [0.2, 0.25) is 0 Å². The second-order valence-electron chi connectivity index (χ2n) is 8.14. The number of hydrogen-bond acceptors (Lipinski definition) is 9. The number of ether oxygens (including phenoxy) is 1. The number of piperazine rings is 1. The van der Waals surface area contributed by atoms with E-state index in [-0.39, 0.29) is 6.10 Å². The molecule has 0 amide bonds. The molecule has 0 bridgehead atoms. The Labute approximate surface area is 219 Å². The Hall–Kier alpha value is -2.98. The zero-order valence-electron chi connectivity index (χ0n) is 19.8. The second-order valence-corrected chi connectivity index (χ2v) is 9.45. The standard InChI is InChI=1S/C24H28ClN3OS.C2H2O4/c25-22-10-8-21(9-11-22)23(20-6-2-1-3-7-20)29-18-5-4-13-27-14-16-28(17-15-27)24-26-12-19-30-24;3-1(4)2(5)6/h1-3,6-12,19,23H,4-5,13-18H2;(H,3,4)(H,5,6)/p-2. The minimum absolute atomic E-state index is 0.0506. The number of halogens is 1. The lowest BCUT2D eigenvalue weighted by Crippen LogP contribution is -2.46. The van der Waals surface area contributed by atoms with Crippen LogP contribution >= 0.6 is 22.9 Å². The third-order valence-corrected chi connectivity index (χ3v) is 6.74. The van der Waals surface area contributed by atoms with E-state index in [1.165, 1.54) is 5.56 Å². The predicted octanol–water partition coefficient (Wildman–Crippen LogP) is 1.99. The van der Waals surface area contributed by atoms with Crippen LogP contribution in [0.1, 0.15) is 30.1 Å². The summed E-state index contributed by atoms with van der Waals surface area (Å²) in [6.45, 7) is 6.23. The maximum absolute atomic E-state index is 8.93. The molecular formula is C26H28ClN3O5S-2. The van der Waals surface area contributed by atoms with Crippen LogP contribution in [0.25, 0.3) is 0 Å². The smallest absolute Gasteiger partial charge is 0.185 e. The summed E-state index contributed by atoms with van der Waals surface area (Å²) in [5.41, 5.74) is 2.32. The highest BCUT2D eigenvalue weighted by molar-refractivity contribution is 7.13. The monoisotopic (exact) mass is 529 g/mol. The lowest BCUT2D eigenvalue weighted by Gasteiger charge is -2.34. The van der Waals surface area contributed by atoms with Gasteiger partial charge in [0.15, 0.2) is 5.13 Å². The van der Waals surface area contributed by atoms with Gasteiger partial charge in [-0.15, -0.1) is 11.3 Å². The fourth-order valence-corrected chi connectivity index (χ4v) is 4.65. The Morgan fingerprint density at radius 2 is 1.58 bits per heavy atom. The SMILES string of the molecule is Clc1ccc(C(OCCCCN2CCN(c3nccs3)CC2)c2ccccc2)cc1.O=C([O-])C(=O)[O-]. The summed E-state index contributed by atoms with van der Waals surface area (Å²) < 4.78 is 6.33. The van der Waals surface area contributed by atoms with Crippen molar-refractivity contribution in [2.75, 3.05) is 44.2 Å². The maximum Gasteiger partial charge on any atom is 0.185 e. The number of anilines is 1. The highest BCUT2D eigenvalue weighted by Gasteiger charge is 2.18. The van der Waals surface area contributed by atoms with Crippen molar-refractivity contribution >= 4 is 40.0 Å². The van der Waals surface area contributed by atoms with Crippen LogP contribution < -0.4 is 15.1 Å². The number of carbonyl (C=O) groups excluding carboxylic acids is 2. The van der Waals surface area contributed by atoms with Gasteiger partial charge in [0.25, 0.3) is 0 Å². The molecule has 3 aromatic rings. The molecule has 1 aromatic heterocycles. The third-order valence-electron chi connectivity index (χ3n) is 5.66. The predicted molar refractivity (Wildman–Crippen MR) is 136 cm³/mol. The third kappa shape index (κ3) is 8.91. The van der Waals surface area contributed by atoms with Gasteiger partial charge in [-0.2, -0.15) is 0 Å². The van der Waals surface area contributed by atoms with E-state index in [0.29, 0.717) is 0 Å². The highest BCUT2D eigenvalue weighted by atomic mass is 35.5. The first kappa shape index (κ1) is 27.6. The van der Waals surface area contributed by atoms with E-state index in [9.17, 15) is 0 Å². The molecule has 10 heteroatoms. The van der Waals surface area contributed by atoms with Crippen LogP contribution in [0.15, 0.2) is 66.2 Å². The van der Waals surface area contributed by atoms with E-state index >= 15 is 0 Å². The van der Waals surface area contributed by atoms with E-state index in [2.05, 4.69) is 56.6 Å². The highest BCUT2D eigenvalue weighted by Crippen LogP contribution is 2.27. The fraction of sp³-hybridized carbons (Fsp3) is 0.346. The number of thiazole rings is 1. The number of nitrogens with zero attached hydrogens (tertiary/aromatic N) is 3. The molecule has 1 aliphatic rings. The van der Waals surface area contributed by atoms with Gasteiger partial charge in [-0.3, -0.25) is 4.90 Å². The molecule has 1 atom stereocenters. The molecule has 2 aromatic carbocycles. The van der Waals surface area contributed by atoms with Crippen LogP contribution in [-0.2, 0) is 14.3 Å². The Balaban J connectivity index is 0.000000538. The summed E-state index contributed by atoms with van der Waals surface area (Å²) in [5.74, 6) is -4.37. The van der Waals surface area contributed by atoms with Crippen molar-refractivity contribution in [3.63, 3.8) is 0 Å². The van der Waals surface area contributed by atoms with Crippen molar-refractivity contribution in [3.8, 4) is 0 Å². The summed E-state index contributed by atoms with van der Waals surface area (Å²) in [6.07, 6.45) is 4.05. The van der Waals surface area contributed by atoms with Crippen molar-refractivity contribution in [1.29, 1.82) is 0 Å². The van der Waals surface area contributed by atoms with E-state index < -0.39 is 11.9 Å². The van der Waals surface area contributed by atoms with Gasteiger partial charge >= 0.3 is 0 Å². The average Bonchev–Trinajstić information content (AvgIpc) is 3.43. The Morgan fingerprint density at radius 3 is 2.17 bits per heavy atom. The van der Waals surface area contributed by atoms with E-state index in [1.807, 2.05) is 24.4 Å². The number of unbranched alkanes of at least 4 members (excludes halogenated alkanes) is 1. The first-order chi connectivity index (χ1) is 17.4. The normalized spacial score (nSPS) is 14.5. The lowest BCUT2D eigenvalue weighted by molar-refractivity contribution is -0.345. The molecule has 8 nitrogen and oxygen atoms in total. The van der Waals surface area contributed by atoms with Gasteiger partial charge in [-0.1, -0.05) is 54.1 Å². The van der Waals surface area contributed by atoms with Gasteiger partial charge in [-0.05, 0) is 42.6 Å². The number of aromatic nitrogens is 1. The molecule has 1 saturated heterocycles. The molecular weight excluding hydrogens is 502 g/mol. The van der Waals surface area contributed by atoms with Crippen LogP contribution in [0.4, 0.5) is 5.13 Å². The van der Waals surface area contributed by atoms with Crippen molar-refractivity contribution in [1.82, 2.24) is 9.88 Å². The van der Waals surface area contributed by atoms with Crippen molar-refractivity contribution < 1.29 is 24.5 Å². The largest absolute Gasteiger partial charge is 0.543 e. The number of carboxylic acid groups (broad SMARTS) is 2. The molecule has 1 aliphatic heterocycles. The second kappa shape index (κ2) is 14.5. The summed E-state index contributed by atoms with van der Waals surface area (Å²) in [6, 6.07) is 18.4. The topological polar surface area (TPSA) is 109 Å². The number of aliphatic carboxylic acids is 2. The van der Waals surface area contributed by atoms with Crippen molar-refractivity contribution in [3.05, 3.63) is 82.3 Å². The van der Waals surface area contributed by atoms with Crippen molar-refractivity contribution in [2.45, 2.75) is 18.9 Å². The van der Waals surface area contributed by atoms with Crippen LogP contribution in [0.2, 0.25) is 5.02 Å².